The van der Waals surface area contributed by atoms with E-state index in [-0.39, 0.29) is 11.9 Å². The van der Waals surface area contributed by atoms with Gasteiger partial charge in [-0.3, -0.25) is 4.79 Å². The monoisotopic (exact) mass is 219 g/mol. The standard InChI is InChI=1S/C12H17N3O/c1-2-11-12(16)14-6-7-15(11)10-5-3-4-9(13)8-10/h3-5,8,11H,2,6-7,13H2,1H3,(H,14,16). The lowest BCUT2D eigenvalue weighted by molar-refractivity contribution is -0.123. The minimum Gasteiger partial charge on any atom is -0.399 e. The van der Waals surface area contributed by atoms with Gasteiger partial charge in [-0.1, -0.05) is 13.0 Å². The number of carbonyl (C=O) groups is 1. The van der Waals surface area contributed by atoms with E-state index in [1.807, 2.05) is 31.2 Å². The molecule has 86 valence electrons. The van der Waals surface area contributed by atoms with Crippen LogP contribution < -0.4 is 16.0 Å². The molecule has 4 heteroatoms. The minimum absolute atomic E-state index is 0.0736. The Hall–Kier alpha value is -1.71. The highest BCUT2D eigenvalue weighted by atomic mass is 16.2. The van der Waals surface area contributed by atoms with Crippen molar-refractivity contribution in [1.82, 2.24) is 5.32 Å². The maximum atomic E-state index is 11.7. The first kappa shape index (κ1) is 10.8. The smallest absolute Gasteiger partial charge is 0.242 e. The van der Waals surface area contributed by atoms with Gasteiger partial charge < -0.3 is 16.0 Å². The van der Waals surface area contributed by atoms with Crippen LogP contribution in [0.5, 0.6) is 0 Å². The van der Waals surface area contributed by atoms with Gasteiger partial charge in [0.25, 0.3) is 0 Å². The lowest BCUT2D eigenvalue weighted by Gasteiger charge is -2.36. The highest BCUT2D eigenvalue weighted by Gasteiger charge is 2.27. The van der Waals surface area contributed by atoms with Crippen LogP contribution in [0, 0.1) is 0 Å². The van der Waals surface area contributed by atoms with Crippen molar-refractivity contribution in [2.75, 3.05) is 23.7 Å². The van der Waals surface area contributed by atoms with Crippen LogP contribution in [-0.2, 0) is 4.79 Å². The number of amides is 1. The predicted octanol–water partition coefficient (Wildman–Crippen LogP) is 0.984. The van der Waals surface area contributed by atoms with Crippen molar-refractivity contribution in [3.8, 4) is 0 Å². The van der Waals surface area contributed by atoms with Crippen molar-refractivity contribution in [2.45, 2.75) is 19.4 Å². The van der Waals surface area contributed by atoms with E-state index in [0.717, 1.165) is 24.3 Å². The Morgan fingerprint density at radius 1 is 1.56 bits per heavy atom. The van der Waals surface area contributed by atoms with Gasteiger partial charge >= 0.3 is 0 Å². The quantitative estimate of drug-likeness (QED) is 0.729. The number of nitrogens with zero attached hydrogens (tertiary/aromatic N) is 1. The number of benzene rings is 1. The molecule has 1 atom stereocenters. The lowest BCUT2D eigenvalue weighted by atomic mass is 10.1. The molecule has 16 heavy (non-hydrogen) atoms. The SMILES string of the molecule is CCC1C(=O)NCCN1c1cccc(N)c1. The summed E-state index contributed by atoms with van der Waals surface area (Å²) in [6.45, 7) is 3.56. The zero-order chi connectivity index (χ0) is 11.5. The third-order valence-electron chi connectivity index (χ3n) is 2.92. The van der Waals surface area contributed by atoms with E-state index in [4.69, 9.17) is 5.73 Å². The molecule has 1 aromatic carbocycles. The van der Waals surface area contributed by atoms with Gasteiger partial charge in [0.1, 0.15) is 6.04 Å². The molecule has 0 spiro atoms. The predicted molar refractivity (Wildman–Crippen MR) is 65.3 cm³/mol. The van der Waals surface area contributed by atoms with Crippen LogP contribution in [-0.4, -0.2) is 25.0 Å². The van der Waals surface area contributed by atoms with Gasteiger partial charge in [-0.05, 0) is 24.6 Å². The van der Waals surface area contributed by atoms with Crippen molar-refractivity contribution in [1.29, 1.82) is 0 Å². The molecule has 0 aliphatic carbocycles. The Kier molecular flexibility index (Phi) is 2.99. The number of hydrogen-bond acceptors (Lipinski definition) is 3. The fraction of sp³-hybridized carbons (Fsp3) is 0.417. The molecular weight excluding hydrogens is 202 g/mol. The highest BCUT2D eigenvalue weighted by Crippen LogP contribution is 2.22. The summed E-state index contributed by atoms with van der Waals surface area (Å²) in [5.74, 6) is 0.108. The highest BCUT2D eigenvalue weighted by molar-refractivity contribution is 5.86. The van der Waals surface area contributed by atoms with E-state index >= 15 is 0 Å². The Morgan fingerprint density at radius 2 is 2.38 bits per heavy atom. The van der Waals surface area contributed by atoms with Crippen molar-refractivity contribution in [3.05, 3.63) is 24.3 Å². The van der Waals surface area contributed by atoms with E-state index in [1.54, 1.807) is 0 Å². The van der Waals surface area contributed by atoms with Crippen LogP contribution >= 0.6 is 0 Å². The molecule has 1 fully saturated rings. The maximum Gasteiger partial charge on any atom is 0.242 e. The van der Waals surface area contributed by atoms with Crippen molar-refractivity contribution >= 4 is 17.3 Å². The summed E-state index contributed by atoms with van der Waals surface area (Å²) < 4.78 is 0. The number of carbonyl (C=O) groups excluding carboxylic acids is 1. The number of nitrogens with one attached hydrogen (secondary N) is 1. The first-order valence-corrected chi connectivity index (χ1v) is 5.62. The van der Waals surface area contributed by atoms with E-state index in [2.05, 4.69) is 10.2 Å². The molecular formula is C12H17N3O. The summed E-state index contributed by atoms with van der Waals surface area (Å²) in [6, 6.07) is 7.62. The fourth-order valence-corrected chi connectivity index (χ4v) is 2.13. The average Bonchev–Trinajstić information content (AvgIpc) is 2.28. The zero-order valence-electron chi connectivity index (χ0n) is 9.44. The Bertz CT molecular complexity index is 392. The Balaban J connectivity index is 2.27. The molecule has 1 amide bonds. The third kappa shape index (κ3) is 1.96. The van der Waals surface area contributed by atoms with E-state index < -0.39 is 0 Å². The average molecular weight is 219 g/mol. The zero-order valence-corrected chi connectivity index (χ0v) is 9.44. The number of piperazine rings is 1. The van der Waals surface area contributed by atoms with Crippen LogP contribution in [0.15, 0.2) is 24.3 Å². The molecule has 2 rings (SSSR count). The van der Waals surface area contributed by atoms with Crippen LogP contribution in [0.2, 0.25) is 0 Å². The second kappa shape index (κ2) is 4.43. The van der Waals surface area contributed by atoms with E-state index in [0.29, 0.717) is 6.54 Å². The fourth-order valence-electron chi connectivity index (χ4n) is 2.13. The largest absolute Gasteiger partial charge is 0.399 e. The third-order valence-corrected chi connectivity index (χ3v) is 2.92. The molecule has 1 aliphatic heterocycles. The molecule has 1 heterocycles. The van der Waals surface area contributed by atoms with Gasteiger partial charge in [0.2, 0.25) is 5.91 Å². The van der Waals surface area contributed by atoms with Crippen LogP contribution in [0.3, 0.4) is 0 Å². The second-order valence-electron chi connectivity index (χ2n) is 4.00. The second-order valence-corrected chi connectivity index (χ2v) is 4.00. The van der Waals surface area contributed by atoms with Gasteiger partial charge in [0.15, 0.2) is 0 Å². The van der Waals surface area contributed by atoms with E-state index in [9.17, 15) is 4.79 Å². The Labute approximate surface area is 95.4 Å². The molecule has 0 bridgehead atoms. The molecule has 1 aromatic rings. The molecule has 0 aromatic heterocycles. The van der Waals surface area contributed by atoms with Crippen molar-refractivity contribution in [2.24, 2.45) is 0 Å². The lowest BCUT2D eigenvalue weighted by Crippen LogP contribution is -2.55. The number of hydrogen-bond donors (Lipinski definition) is 2. The first-order valence-electron chi connectivity index (χ1n) is 5.62. The van der Waals surface area contributed by atoms with Crippen LogP contribution in [0.25, 0.3) is 0 Å². The van der Waals surface area contributed by atoms with Crippen molar-refractivity contribution in [3.63, 3.8) is 0 Å². The molecule has 1 unspecified atom stereocenters. The normalized spacial score (nSPS) is 20.7. The summed E-state index contributed by atoms with van der Waals surface area (Å²) in [5, 5.41) is 2.89. The molecule has 1 saturated heterocycles. The number of nitrogen functional groups attached to an aromatic ring is 1. The van der Waals surface area contributed by atoms with Crippen LogP contribution in [0.1, 0.15) is 13.3 Å². The van der Waals surface area contributed by atoms with Gasteiger partial charge in [0.05, 0.1) is 0 Å². The molecule has 0 saturated carbocycles. The van der Waals surface area contributed by atoms with Gasteiger partial charge in [-0.25, -0.2) is 0 Å². The van der Waals surface area contributed by atoms with Gasteiger partial charge in [-0.15, -0.1) is 0 Å². The summed E-state index contributed by atoms with van der Waals surface area (Å²) in [4.78, 5) is 13.8. The summed E-state index contributed by atoms with van der Waals surface area (Å²) in [5.41, 5.74) is 7.52. The number of anilines is 2. The molecule has 3 N–H and O–H groups in total. The van der Waals surface area contributed by atoms with Crippen LogP contribution in [0.4, 0.5) is 11.4 Å². The molecule has 1 aliphatic rings. The number of rotatable bonds is 2. The maximum absolute atomic E-state index is 11.7. The summed E-state index contributed by atoms with van der Waals surface area (Å²) in [7, 11) is 0. The minimum atomic E-state index is -0.0736. The number of nitrogens with two attached hydrogens (primary N) is 1. The molecule has 0 radical (unpaired) electrons. The van der Waals surface area contributed by atoms with Gasteiger partial charge in [-0.2, -0.15) is 0 Å². The van der Waals surface area contributed by atoms with Crippen molar-refractivity contribution < 1.29 is 4.79 Å². The topological polar surface area (TPSA) is 58.4 Å². The van der Waals surface area contributed by atoms with Gasteiger partial charge in [0, 0.05) is 24.5 Å². The van der Waals surface area contributed by atoms with E-state index in [1.165, 1.54) is 0 Å². The summed E-state index contributed by atoms with van der Waals surface area (Å²) >= 11 is 0. The first-order chi connectivity index (χ1) is 7.72. The summed E-state index contributed by atoms with van der Waals surface area (Å²) in [6.07, 6.45) is 0.806. The molecule has 4 nitrogen and oxygen atoms in total. The Morgan fingerprint density at radius 3 is 3.06 bits per heavy atom.